The van der Waals surface area contributed by atoms with Crippen molar-refractivity contribution in [3.63, 3.8) is 0 Å². The van der Waals surface area contributed by atoms with Crippen molar-refractivity contribution in [2.75, 3.05) is 13.1 Å². The standard InChI is InChI=1S/C26H27ClFN3O4S/c1-18(2)13-14-30(36(33,34)25-8-4-3-6-21(25)28)17-26(32)31-23(24-7-5-15-35-24)16-22(29-31)19-9-11-20(27)12-10-19/h3-12,15,18,23H,13-14,16-17H2,1-2H3/t23-/m0/s1. The zero-order valence-corrected chi connectivity index (χ0v) is 21.5. The van der Waals surface area contributed by atoms with Gasteiger partial charge in [0.2, 0.25) is 10.0 Å². The Balaban J connectivity index is 1.66. The molecule has 0 aliphatic carbocycles. The van der Waals surface area contributed by atoms with Gasteiger partial charge in [0.1, 0.15) is 22.5 Å². The maximum Gasteiger partial charge on any atom is 0.258 e. The number of halogens is 2. The van der Waals surface area contributed by atoms with Crippen molar-refractivity contribution >= 4 is 33.2 Å². The van der Waals surface area contributed by atoms with Crippen LogP contribution in [0.5, 0.6) is 0 Å². The fourth-order valence-corrected chi connectivity index (χ4v) is 5.56. The van der Waals surface area contributed by atoms with E-state index in [1.54, 1.807) is 24.3 Å². The number of benzene rings is 2. The average Bonchev–Trinajstić information content (AvgIpc) is 3.52. The van der Waals surface area contributed by atoms with E-state index < -0.39 is 39.2 Å². The molecule has 2 heterocycles. The predicted octanol–water partition coefficient (Wildman–Crippen LogP) is 5.49. The molecule has 36 heavy (non-hydrogen) atoms. The van der Waals surface area contributed by atoms with Gasteiger partial charge in [-0.2, -0.15) is 9.41 Å². The molecule has 7 nitrogen and oxygen atoms in total. The zero-order chi connectivity index (χ0) is 25.9. The minimum atomic E-state index is -4.27. The number of carbonyl (C=O) groups is 1. The molecule has 0 saturated carbocycles. The fraction of sp³-hybridized carbons (Fsp3) is 0.308. The van der Waals surface area contributed by atoms with Gasteiger partial charge in [0, 0.05) is 18.0 Å². The van der Waals surface area contributed by atoms with Crippen LogP contribution in [0.2, 0.25) is 5.02 Å². The number of rotatable bonds is 9. The Bertz CT molecular complexity index is 1340. The number of hydrogen-bond acceptors (Lipinski definition) is 5. The molecule has 0 unspecified atom stereocenters. The minimum absolute atomic E-state index is 0.0626. The topological polar surface area (TPSA) is 83.2 Å². The van der Waals surface area contributed by atoms with Crippen molar-refractivity contribution in [2.45, 2.75) is 37.6 Å². The average molecular weight is 532 g/mol. The molecule has 1 amide bonds. The van der Waals surface area contributed by atoms with Crippen LogP contribution in [0.15, 0.2) is 81.3 Å². The van der Waals surface area contributed by atoms with Crippen molar-refractivity contribution < 1.29 is 22.0 Å². The lowest BCUT2D eigenvalue weighted by atomic mass is 10.0. The number of hydrogen-bond donors (Lipinski definition) is 0. The van der Waals surface area contributed by atoms with E-state index in [9.17, 15) is 17.6 Å². The van der Waals surface area contributed by atoms with Crippen LogP contribution in [0.1, 0.15) is 44.1 Å². The summed E-state index contributed by atoms with van der Waals surface area (Å²) in [5, 5.41) is 6.39. The van der Waals surface area contributed by atoms with Gasteiger partial charge in [0.05, 0.1) is 18.5 Å². The highest BCUT2D eigenvalue weighted by Crippen LogP contribution is 2.34. The van der Waals surface area contributed by atoms with Crippen LogP contribution < -0.4 is 0 Å². The zero-order valence-electron chi connectivity index (χ0n) is 20.0. The summed E-state index contributed by atoms with van der Waals surface area (Å²) >= 11 is 6.01. The molecule has 3 aromatic rings. The molecule has 1 atom stereocenters. The first-order valence-corrected chi connectivity index (χ1v) is 13.4. The Kier molecular flexibility index (Phi) is 7.92. The Morgan fingerprint density at radius 2 is 1.89 bits per heavy atom. The quantitative estimate of drug-likeness (QED) is 0.365. The van der Waals surface area contributed by atoms with Gasteiger partial charge in [-0.25, -0.2) is 17.8 Å². The smallest absolute Gasteiger partial charge is 0.258 e. The van der Waals surface area contributed by atoms with Crippen molar-refractivity contribution in [1.82, 2.24) is 9.31 Å². The van der Waals surface area contributed by atoms with Gasteiger partial charge in [-0.1, -0.05) is 49.7 Å². The Hall–Kier alpha value is -3.01. The summed E-state index contributed by atoms with van der Waals surface area (Å²) in [7, 11) is -4.27. The molecule has 0 bridgehead atoms. The van der Waals surface area contributed by atoms with Gasteiger partial charge < -0.3 is 4.42 Å². The van der Waals surface area contributed by atoms with Gasteiger partial charge in [-0.3, -0.25) is 4.79 Å². The van der Waals surface area contributed by atoms with E-state index in [0.29, 0.717) is 29.3 Å². The fourth-order valence-electron chi connectivity index (χ4n) is 3.96. The van der Waals surface area contributed by atoms with E-state index >= 15 is 0 Å². The maximum atomic E-state index is 14.5. The third kappa shape index (κ3) is 5.69. The molecular weight excluding hydrogens is 505 g/mol. The highest BCUT2D eigenvalue weighted by atomic mass is 35.5. The maximum absolute atomic E-state index is 14.5. The van der Waals surface area contributed by atoms with Gasteiger partial charge in [0.15, 0.2) is 0 Å². The Morgan fingerprint density at radius 3 is 2.53 bits per heavy atom. The second-order valence-electron chi connectivity index (χ2n) is 8.98. The first-order valence-electron chi connectivity index (χ1n) is 11.6. The number of hydrazone groups is 1. The third-order valence-electron chi connectivity index (χ3n) is 5.94. The monoisotopic (exact) mass is 531 g/mol. The highest BCUT2D eigenvalue weighted by molar-refractivity contribution is 7.89. The molecule has 0 saturated heterocycles. The van der Waals surface area contributed by atoms with Gasteiger partial charge >= 0.3 is 0 Å². The largest absolute Gasteiger partial charge is 0.467 e. The second-order valence-corrected chi connectivity index (χ2v) is 11.3. The van der Waals surface area contributed by atoms with Crippen LogP contribution in [0.4, 0.5) is 4.39 Å². The van der Waals surface area contributed by atoms with E-state index in [2.05, 4.69) is 5.10 Å². The summed E-state index contributed by atoms with van der Waals surface area (Å²) in [5.74, 6) is -0.696. The number of amides is 1. The lowest BCUT2D eigenvalue weighted by Gasteiger charge is -2.26. The Labute approximate surface area is 215 Å². The summed E-state index contributed by atoms with van der Waals surface area (Å²) in [5.41, 5.74) is 1.44. The van der Waals surface area contributed by atoms with Crippen molar-refractivity contribution in [3.05, 3.63) is 89.1 Å². The van der Waals surface area contributed by atoms with E-state index in [0.717, 1.165) is 15.9 Å². The Morgan fingerprint density at radius 1 is 1.17 bits per heavy atom. The van der Waals surface area contributed by atoms with Gasteiger partial charge in [-0.05, 0) is 54.3 Å². The molecule has 0 N–H and O–H groups in total. The van der Waals surface area contributed by atoms with Crippen LogP contribution in [0, 0.1) is 11.7 Å². The van der Waals surface area contributed by atoms with Crippen LogP contribution >= 0.6 is 11.6 Å². The molecule has 10 heteroatoms. The molecule has 0 fully saturated rings. The number of nitrogens with zero attached hydrogens (tertiary/aromatic N) is 3. The number of carbonyl (C=O) groups excluding carboxylic acids is 1. The number of sulfonamides is 1. The predicted molar refractivity (Wildman–Crippen MR) is 136 cm³/mol. The molecule has 1 aliphatic rings. The summed E-state index contributed by atoms with van der Waals surface area (Å²) < 4.78 is 47.8. The first-order chi connectivity index (χ1) is 17.2. The summed E-state index contributed by atoms with van der Waals surface area (Å²) in [6.07, 6.45) is 2.39. The molecular formula is C26H27ClFN3O4S. The van der Waals surface area contributed by atoms with Gasteiger partial charge in [-0.15, -0.1) is 0 Å². The molecule has 0 radical (unpaired) electrons. The van der Waals surface area contributed by atoms with E-state index in [1.807, 2.05) is 26.0 Å². The van der Waals surface area contributed by atoms with E-state index in [1.165, 1.54) is 29.5 Å². The summed E-state index contributed by atoms with van der Waals surface area (Å²) in [6, 6.07) is 15.2. The van der Waals surface area contributed by atoms with Crippen LogP contribution in [0.3, 0.4) is 0 Å². The van der Waals surface area contributed by atoms with Crippen LogP contribution in [0.25, 0.3) is 0 Å². The van der Waals surface area contributed by atoms with Crippen LogP contribution in [-0.4, -0.2) is 42.4 Å². The molecule has 1 aliphatic heterocycles. The van der Waals surface area contributed by atoms with Gasteiger partial charge in [0.25, 0.3) is 5.91 Å². The van der Waals surface area contributed by atoms with Crippen molar-refractivity contribution in [2.24, 2.45) is 11.0 Å². The molecule has 0 spiro atoms. The highest BCUT2D eigenvalue weighted by Gasteiger charge is 2.37. The molecule has 1 aromatic heterocycles. The second kappa shape index (κ2) is 10.9. The third-order valence-corrected chi connectivity index (χ3v) is 8.07. The number of furan rings is 1. The summed E-state index contributed by atoms with van der Waals surface area (Å²) in [4.78, 5) is 13.1. The van der Waals surface area contributed by atoms with E-state index in [4.69, 9.17) is 16.0 Å². The summed E-state index contributed by atoms with van der Waals surface area (Å²) in [6.45, 7) is 3.47. The lowest BCUT2D eigenvalue weighted by molar-refractivity contribution is -0.133. The lowest BCUT2D eigenvalue weighted by Crippen LogP contribution is -2.42. The molecule has 190 valence electrons. The SMILES string of the molecule is CC(C)CCN(CC(=O)N1N=C(c2ccc(Cl)cc2)C[C@H]1c1ccco1)S(=O)(=O)c1ccccc1F. The molecule has 2 aromatic carbocycles. The molecule has 4 rings (SSSR count). The normalized spacial score (nSPS) is 16.1. The van der Waals surface area contributed by atoms with E-state index in [-0.39, 0.29) is 12.5 Å². The minimum Gasteiger partial charge on any atom is -0.467 e. The first kappa shape index (κ1) is 26.1. The van der Waals surface area contributed by atoms with Crippen molar-refractivity contribution in [3.8, 4) is 0 Å². The van der Waals surface area contributed by atoms with Crippen molar-refractivity contribution in [1.29, 1.82) is 0 Å². The van der Waals surface area contributed by atoms with Crippen LogP contribution in [-0.2, 0) is 14.8 Å².